The van der Waals surface area contributed by atoms with Crippen molar-refractivity contribution in [3.8, 4) is 0 Å². The molecule has 152 valence electrons. The fourth-order valence-corrected chi connectivity index (χ4v) is 4.32. The van der Waals surface area contributed by atoms with Crippen LogP contribution in [0.25, 0.3) is 10.9 Å². The quantitative estimate of drug-likeness (QED) is 0.468. The number of para-hydroxylation sites is 1. The van der Waals surface area contributed by atoms with Gasteiger partial charge in [0.15, 0.2) is 5.69 Å². The van der Waals surface area contributed by atoms with Crippen LogP contribution in [0.4, 0.5) is 0 Å². The zero-order chi connectivity index (χ0) is 20.5. The molecular weight excluding hydrogens is 376 g/mol. The van der Waals surface area contributed by atoms with Gasteiger partial charge in [-0.3, -0.25) is 4.79 Å². The summed E-state index contributed by atoms with van der Waals surface area (Å²) in [4.78, 5) is 20.4. The molecule has 5 rings (SSSR count). The Kier molecular flexibility index (Phi) is 4.85. The van der Waals surface area contributed by atoms with Gasteiger partial charge in [-0.15, -0.1) is 0 Å². The van der Waals surface area contributed by atoms with Crippen molar-refractivity contribution in [3.63, 3.8) is 0 Å². The number of rotatable bonds is 5. The molecule has 0 spiro atoms. The van der Waals surface area contributed by atoms with E-state index in [-0.39, 0.29) is 17.6 Å². The van der Waals surface area contributed by atoms with Gasteiger partial charge in [0, 0.05) is 17.1 Å². The molecule has 1 amide bonds. The molecule has 0 saturated heterocycles. The Labute approximate surface area is 174 Å². The van der Waals surface area contributed by atoms with Gasteiger partial charge in [-0.25, -0.2) is 4.98 Å². The Balaban J connectivity index is 1.29. The number of aromatic amines is 1. The number of hydrogen-bond acceptors (Lipinski definition) is 4. The first-order valence-electron chi connectivity index (χ1n) is 10.3. The molecule has 6 nitrogen and oxygen atoms in total. The van der Waals surface area contributed by atoms with Crippen LogP contribution < -0.4 is 11.1 Å². The van der Waals surface area contributed by atoms with Gasteiger partial charge >= 0.3 is 0 Å². The number of H-pyrrole nitrogens is 1. The molecule has 0 aliphatic heterocycles. The Hall–Kier alpha value is -3.38. The summed E-state index contributed by atoms with van der Waals surface area (Å²) in [6.45, 7) is 0. The number of hydrogen-bond donors (Lipinski definition) is 3. The van der Waals surface area contributed by atoms with E-state index in [1.807, 2.05) is 36.5 Å². The molecule has 0 saturated carbocycles. The van der Waals surface area contributed by atoms with Crippen molar-refractivity contribution in [1.29, 1.82) is 0 Å². The number of amides is 1. The first-order chi connectivity index (χ1) is 14.7. The van der Waals surface area contributed by atoms with Crippen LogP contribution in [0.2, 0.25) is 0 Å². The van der Waals surface area contributed by atoms with Crippen molar-refractivity contribution >= 4 is 16.8 Å². The van der Waals surface area contributed by atoms with Crippen LogP contribution in [0.1, 0.15) is 58.0 Å². The van der Waals surface area contributed by atoms with Crippen LogP contribution in [0.15, 0.2) is 65.4 Å². The van der Waals surface area contributed by atoms with Crippen LogP contribution in [0, 0.1) is 0 Å². The van der Waals surface area contributed by atoms with E-state index in [4.69, 9.17) is 10.2 Å². The molecule has 0 radical (unpaired) electrons. The minimum absolute atomic E-state index is 0.00231. The number of aryl methyl sites for hydroxylation is 1. The van der Waals surface area contributed by atoms with Crippen molar-refractivity contribution in [1.82, 2.24) is 15.3 Å². The third-order valence-corrected chi connectivity index (χ3v) is 5.86. The second kappa shape index (κ2) is 7.80. The predicted octanol–water partition coefficient (Wildman–Crippen LogP) is 4.21. The van der Waals surface area contributed by atoms with E-state index in [9.17, 15) is 4.79 Å². The summed E-state index contributed by atoms with van der Waals surface area (Å²) in [5, 5.41) is 4.24. The first kappa shape index (κ1) is 18.6. The van der Waals surface area contributed by atoms with Gasteiger partial charge in [0.25, 0.3) is 5.91 Å². The molecule has 0 fully saturated rings. The highest BCUT2D eigenvalue weighted by Crippen LogP contribution is 2.30. The van der Waals surface area contributed by atoms with Gasteiger partial charge in [-0.2, -0.15) is 0 Å². The molecule has 0 bridgehead atoms. The number of carbonyl (C=O) groups is 1. The lowest BCUT2D eigenvalue weighted by molar-refractivity contribution is 0.0927. The normalized spacial score (nSPS) is 16.9. The zero-order valence-corrected chi connectivity index (χ0v) is 16.6. The zero-order valence-electron chi connectivity index (χ0n) is 16.6. The molecule has 4 N–H and O–H groups in total. The van der Waals surface area contributed by atoms with Crippen LogP contribution in [-0.4, -0.2) is 15.9 Å². The van der Waals surface area contributed by atoms with E-state index in [0.717, 1.165) is 35.7 Å². The van der Waals surface area contributed by atoms with Crippen LogP contribution in [0.3, 0.4) is 0 Å². The van der Waals surface area contributed by atoms with E-state index in [1.54, 1.807) is 0 Å². The number of nitrogens with one attached hydrogen (secondary N) is 2. The lowest BCUT2D eigenvalue weighted by atomic mass is 9.88. The molecule has 2 atom stereocenters. The van der Waals surface area contributed by atoms with Crippen LogP contribution in [-0.2, 0) is 12.8 Å². The van der Waals surface area contributed by atoms with Crippen LogP contribution >= 0.6 is 0 Å². The molecule has 2 unspecified atom stereocenters. The first-order valence-corrected chi connectivity index (χ1v) is 10.3. The van der Waals surface area contributed by atoms with E-state index < -0.39 is 6.04 Å². The third-order valence-electron chi connectivity index (χ3n) is 5.86. The monoisotopic (exact) mass is 400 g/mol. The fraction of sp³-hybridized carbons (Fsp3) is 0.250. The van der Waals surface area contributed by atoms with Crippen molar-refractivity contribution in [2.45, 2.75) is 37.8 Å². The van der Waals surface area contributed by atoms with Gasteiger partial charge in [0.2, 0.25) is 5.89 Å². The second-order valence-electron chi connectivity index (χ2n) is 7.86. The van der Waals surface area contributed by atoms with Gasteiger partial charge in [0.05, 0.1) is 12.1 Å². The maximum atomic E-state index is 12.8. The molecule has 1 aliphatic carbocycles. The van der Waals surface area contributed by atoms with Crippen molar-refractivity contribution in [2.24, 2.45) is 5.73 Å². The Morgan fingerprint density at radius 3 is 3.00 bits per heavy atom. The summed E-state index contributed by atoms with van der Waals surface area (Å²) >= 11 is 0. The number of fused-ring (bicyclic) bond motifs is 2. The van der Waals surface area contributed by atoms with Gasteiger partial charge in [-0.1, -0.05) is 42.5 Å². The topological polar surface area (TPSA) is 96.9 Å². The summed E-state index contributed by atoms with van der Waals surface area (Å²) in [6.07, 6.45) is 6.96. The number of carbonyl (C=O) groups excluding carboxylic acids is 1. The van der Waals surface area contributed by atoms with Crippen molar-refractivity contribution in [2.75, 3.05) is 0 Å². The Bertz CT molecular complexity index is 1190. The molecule has 6 heteroatoms. The highest BCUT2D eigenvalue weighted by atomic mass is 16.3. The average Bonchev–Trinajstić information content (AvgIpc) is 3.42. The van der Waals surface area contributed by atoms with Gasteiger partial charge in [-0.05, 0) is 48.4 Å². The number of nitrogens with zero attached hydrogens (tertiary/aromatic N) is 1. The molecule has 4 aromatic rings. The average molecular weight is 400 g/mol. The molecule has 2 aromatic heterocycles. The molecule has 30 heavy (non-hydrogen) atoms. The summed E-state index contributed by atoms with van der Waals surface area (Å²) in [5.41, 5.74) is 11.3. The second-order valence-corrected chi connectivity index (χ2v) is 7.86. The predicted molar refractivity (Wildman–Crippen MR) is 115 cm³/mol. The standard InChI is InChI=1S/C24H24N4O2/c25-19(12-16-13-26-20-10-4-3-9-18(16)20)24-28-22(14-30-24)23(29)27-21-11-5-7-15-6-1-2-8-17(15)21/h1-4,6,8-10,13-14,19,21,26H,5,7,11-12,25H2,(H,27,29). The summed E-state index contributed by atoms with van der Waals surface area (Å²) in [6, 6.07) is 15.9. The smallest absolute Gasteiger partial charge is 0.273 e. The largest absolute Gasteiger partial charge is 0.446 e. The van der Waals surface area contributed by atoms with E-state index in [0.29, 0.717) is 12.3 Å². The maximum Gasteiger partial charge on any atom is 0.273 e. The lowest BCUT2D eigenvalue weighted by Gasteiger charge is -2.25. The molecule has 2 aromatic carbocycles. The van der Waals surface area contributed by atoms with Crippen LogP contribution in [0.5, 0.6) is 0 Å². The van der Waals surface area contributed by atoms with Gasteiger partial charge < -0.3 is 20.5 Å². The lowest BCUT2D eigenvalue weighted by Crippen LogP contribution is -2.31. The highest BCUT2D eigenvalue weighted by Gasteiger charge is 2.24. The van der Waals surface area contributed by atoms with E-state index in [1.165, 1.54) is 17.4 Å². The summed E-state index contributed by atoms with van der Waals surface area (Å²) in [7, 11) is 0. The number of oxazole rings is 1. The number of benzene rings is 2. The minimum atomic E-state index is -0.429. The number of aromatic nitrogens is 2. The van der Waals surface area contributed by atoms with E-state index in [2.05, 4.69) is 33.5 Å². The SMILES string of the molecule is NC(Cc1c[nH]c2ccccc12)c1nc(C(=O)NC2CCCc3ccccc32)co1. The Morgan fingerprint density at radius 2 is 2.07 bits per heavy atom. The highest BCUT2D eigenvalue weighted by molar-refractivity contribution is 5.92. The molecule has 2 heterocycles. The summed E-state index contributed by atoms with van der Waals surface area (Å²) < 4.78 is 5.56. The number of nitrogens with two attached hydrogens (primary N) is 1. The van der Waals surface area contributed by atoms with Crippen molar-refractivity contribution in [3.05, 3.63) is 89.3 Å². The molecule has 1 aliphatic rings. The van der Waals surface area contributed by atoms with E-state index >= 15 is 0 Å². The molecular formula is C24H24N4O2. The Morgan fingerprint density at radius 1 is 1.23 bits per heavy atom. The minimum Gasteiger partial charge on any atom is -0.446 e. The summed E-state index contributed by atoms with van der Waals surface area (Å²) in [5.74, 6) is 0.139. The van der Waals surface area contributed by atoms with Crippen molar-refractivity contribution < 1.29 is 9.21 Å². The van der Waals surface area contributed by atoms with Gasteiger partial charge in [0.1, 0.15) is 6.26 Å². The maximum absolute atomic E-state index is 12.8. The third kappa shape index (κ3) is 3.50. The fourth-order valence-electron chi connectivity index (χ4n) is 4.32.